The standard InChI is InChI=1S/C18H22FN3O3/c1-11(14-9-13(19)3-4-16(14)24-2)21-18(23)15-10-20-22-17(15)12-5-7-25-8-6-12/h3-4,9-12H,5-8H2,1-2H3,(H,20,22)(H,21,23). The van der Waals surface area contributed by atoms with Gasteiger partial charge in [0.25, 0.3) is 5.91 Å². The number of hydrogen-bond donors (Lipinski definition) is 2. The Kier molecular flexibility index (Phi) is 5.33. The monoisotopic (exact) mass is 347 g/mol. The minimum Gasteiger partial charge on any atom is -0.496 e. The van der Waals surface area contributed by atoms with Crippen molar-refractivity contribution in [3.8, 4) is 5.75 Å². The molecule has 1 aromatic carbocycles. The molecule has 1 saturated heterocycles. The second-order valence-corrected chi connectivity index (χ2v) is 6.17. The molecule has 25 heavy (non-hydrogen) atoms. The molecule has 1 aliphatic rings. The molecule has 2 heterocycles. The van der Waals surface area contributed by atoms with Crippen molar-refractivity contribution in [2.24, 2.45) is 0 Å². The second-order valence-electron chi connectivity index (χ2n) is 6.17. The molecule has 0 radical (unpaired) electrons. The van der Waals surface area contributed by atoms with E-state index in [1.54, 1.807) is 13.0 Å². The van der Waals surface area contributed by atoms with E-state index < -0.39 is 6.04 Å². The van der Waals surface area contributed by atoms with E-state index in [1.807, 2.05) is 0 Å². The topological polar surface area (TPSA) is 76.2 Å². The number of carbonyl (C=O) groups is 1. The summed E-state index contributed by atoms with van der Waals surface area (Å²) in [5.74, 6) is 0.152. The zero-order chi connectivity index (χ0) is 17.8. The molecule has 6 nitrogen and oxygen atoms in total. The number of carbonyl (C=O) groups excluding carboxylic acids is 1. The molecule has 0 aliphatic carbocycles. The van der Waals surface area contributed by atoms with E-state index >= 15 is 0 Å². The lowest BCUT2D eigenvalue weighted by Gasteiger charge is -2.22. The Hall–Kier alpha value is -2.41. The van der Waals surface area contributed by atoms with Crippen molar-refractivity contribution >= 4 is 5.91 Å². The summed E-state index contributed by atoms with van der Waals surface area (Å²) in [5, 5.41) is 9.89. The summed E-state index contributed by atoms with van der Waals surface area (Å²) in [5.41, 5.74) is 1.94. The third kappa shape index (κ3) is 3.82. The van der Waals surface area contributed by atoms with Crippen LogP contribution in [0.2, 0.25) is 0 Å². The number of benzene rings is 1. The summed E-state index contributed by atoms with van der Waals surface area (Å²) in [6.45, 7) is 3.16. The van der Waals surface area contributed by atoms with Gasteiger partial charge in [-0.25, -0.2) is 4.39 Å². The normalized spacial score (nSPS) is 16.4. The van der Waals surface area contributed by atoms with E-state index in [1.165, 1.54) is 25.4 Å². The Bertz CT molecular complexity index is 741. The molecule has 1 aromatic heterocycles. The maximum absolute atomic E-state index is 13.6. The highest BCUT2D eigenvalue weighted by molar-refractivity contribution is 5.95. The predicted octanol–water partition coefficient (Wildman–Crippen LogP) is 2.94. The highest BCUT2D eigenvalue weighted by Crippen LogP contribution is 2.29. The molecule has 1 aliphatic heterocycles. The van der Waals surface area contributed by atoms with Gasteiger partial charge in [-0.15, -0.1) is 0 Å². The van der Waals surface area contributed by atoms with Gasteiger partial charge in [0.1, 0.15) is 11.6 Å². The lowest BCUT2D eigenvalue weighted by Crippen LogP contribution is -2.28. The van der Waals surface area contributed by atoms with Gasteiger partial charge in [0, 0.05) is 24.7 Å². The highest BCUT2D eigenvalue weighted by atomic mass is 19.1. The number of aromatic amines is 1. The van der Waals surface area contributed by atoms with Crippen molar-refractivity contribution in [1.82, 2.24) is 15.5 Å². The summed E-state index contributed by atoms with van der Waals surface area (Å²) >= 11 is 0. The Morgan fingerprint density at radius 3 is 2.92 bits per heavy atom. The van der Waals surface area contributed by atoms with Gasteiger partial charge in [-0.2, -0.15) is 5.10 Å². The Morgan fingerprint density at radius 1 is 1.44 bits per heavy atom. The van der Waals surface area contributed by atoms with E-state index in [0.717, 1.165) is 18.5 Å². The van der Waals surface area contributed by atoms with Crippen molar-refractivity contribution in [3.63, 3.8) is 0 Å². The van der Waals surface area contributed by atoms with E-state index in [4.69, 9.17) is 9.47 Å². The van der Waals surface area contributed by atoms with Gasteiger partial charge < -0.3 is 14.8 Å². The van der Waals surface area contributed by atoms with Crippen molar-refractivity contribution in [3.05, 3.63) is 47.0 Å². The van der Waals surface area contributed by atoms with Crippen LogP contribution in [0, 0.1) is 5.82 Å². The number of nitrogens with one attached hydrogen (secondary N) is 2. The zero-order valence-electron chi connectivity index (χ0n) is 14.3. The zero-order valence-corrected chi connectivity index (χ0v) is 14.3. The van der Waals surface area contributed by atoms with Crippen LogP contribution >= 0.6 is 0 Å². The third-order valence-electron chi connectivity index (χ3n) is 4.55. The average molecular weight is 347 g/mol. The lowest BCUT2D eigenvalue weighted by atomic mass is 9.93. The number of amides is 1. The van der Waals surface area contributed by atoms with Crippen LogP contribution in [-0.2, 0) is 4.74 Å². The minimum atomic E-state index is -0.407. The molecule has 0 spiro atoms. The summed E-state index contributed by atoms with van der Waals surface area (Å²) in [7, 11) is 1.52. The van der Waals surface area contributed by atoms with Crippen molar-refractivity contribution in [1.29, 1.82) is 0 Å². The van der Waals surface area contributed by atoms with Crippen LogP contribution < -0.4 is 10.1 Å². The number of hydrogen-bond acceptors (Lipinski definition) is 4. The van der Waals surface area contributed by atoms with Crippen molar-refractivity contribution < 1.29 is 18.7 Å². The largest absolute Gasteiger partial charge is 0.496 e. The Morgan fingerprint density at radius 2 is 2.20 bits per heavy atom. The van der Waals surface area contributed by atoms with E-state index in [0.29, 0.717) is 30.1 Å². The fourth-order valence-electron chi connectivity index (χ4n) is 3.17. The van der Waals surface area contributed by atoms with Gasteiger partial charge in [0.15, 0.2) is 0 Å². The summed E-state index contributed by atoms with van der Waals surface area (Å²) in [4.78, 5) is 12.7. The maximum Gasteiger partial charge on any atom is 0.255 e. The van der Waals surface area contributed by atoms with Gasteiger partial charge >= 0.3 is 0 Å². The lowest BCUT2D eigenvalue weighted by molar-refractivity contribution is 0.0832. The number of rotatable bonds is 5. The summed E-state index contributed by atoms with van der Waals surface area (Å²) < 4.78 is 24.2. The molecule has 7 heteroatoms. The number of nitrogens with zero attached hydrogens (tertiary/aromatic N) is 1. The number of halogens is 1. The first-order chi connectivity index (χ1) is 12.1. The van der Waals surface area contributed by atoms with Crippen LogP contribution in [0.15, 0.2) is 24.4 Å². The number of methoxy groups -OCH3 is 1. The van der Waals surface area contributed by atoms with Crippen LogP contribution in [0.3, 0.4) is 0 Å². The van der Waals surface area contributed by atoms with Crippen LogP contribution in [0.5, 0.6) is 5.75 Å². The Balaban J connectivity index is 1.77. The fraction of sp³-hybridized carbons (Fsp3) is 0.444. The molecule has 1 unspecified atom stereocenters. The van der Waals surface area contributed by atoms with Crippen LogP contribution in [0.25, 0.3) is 0 Å². The molecule has 0 saturated carbocycles. The van der Waals surface area contributed by atoms with Crippen molar-refractivity contribution in [2.45, 2.75) is 31.7 Å². The van der Waals surface area contributed by atoms with Crippen LogP contribution in [0.1, 0.15) is 53.3 Å². The quantitative estimate of drug-likeness (QED) is 0.872. The smallest absolute Gasteiger partial charge is 0.255 e. The SMILES string of the molecule is COc1ccc(F)cc1C(C)NC(=O)c1cn[nH]c1C1CCOCC1. The third-order valence-corrected chi connectivity index (χ3v) is 4.55. The molecule has 134 valence electrons. The molecule has 1 atom stereocenters. The molecule has 2 aromatic rings. The van der Waals surface area contributed by atoms with E-state index in [9.17, 15) is 9.18 Å². The maximum atomic E-state index is 13.6. The molecular weight excluding hydrogens is 325 g/mol. The predicted molar refractivity (Wildman–Crippen MR) is 90.2 cm³/mol. The number of ether oxygens (including phenoxy) is 2. The van der Waals surface area contributed by atoms with Crippen LogP contribution in [-0.4, -0.2) is 36.4 Å². The number of H-pyrrole nitrogens is 1. The van der Waals surface area contributed by atoms with Crippen LogP contribution in [0.4, 0.5) is 4.39 Å². The van der Waals surface area contributed by atoms with Gasteiger partial charge in [-0.3, -0.25) is 9.89 Å². The molecule has 3 rings (SSSR count). The highest BCUT2D eigenvalue weighted by Gasteiger charge is 2.25. The molecule has 1 amide bonds. The summed E-state index contributed by atoms with van der Waals surface area (Å²) in [6.07, 6.45) is 3.25. The fourth-order valence-corrected chi connectivity index (χ4v) is 3.17. The molecular formula is C18H22FN3O3. The van der Waals surface area contributed by atoms with E-state index in [-0.39, 0.29) is 17.6 Å². The van der Waals surface area contributed by atoms with Gasteiger partial charge in [-0.05, 0) is 38.0 Å². The molecule has 1 fully saturated rings. The van der Waals surface area contributed by atoms with Gasteiger partial charge in [-0.1, -0.05) is 0 Å². The van der Waals surface area contributed by atoms with Crippen molar-refractivity contribution in [2.75, 3.05) is 20.3 Å². The Labute approximate surface area is 145 Å². The molecule has 0 bridgehead atoms. The first-order valence-electron chi connectivity index (χ1n) is 8.35. The first-order valence-corrected chi connectivity index (χ1v) is 8.35. The van der Waals surface area contributed by atoms with Gasteiger partial charge in [0.2, 0.25) is 0 Å². The van der Waals surface area contributed by atoms with E-state index in [2.05, 4.69) is 15.5 Å². The second kappa shape index (κ2) is 7.65. The first kappa shape index (κ1) is 17.4. The minimum absolute atomic E-state index is 0.232. The average Bonchev–Trinajstić information content (AvgIpc) is 3.12. The summed E-state index contributed by atoms with van der Waals surface area (Å²) in [6, 6.07) is 3.85. The van der Waals surface area contributed by atoms with Gasteiger partial charge in [0.05, 0.1) is 30.6 Å². The number of aromatic nitrogens is 2. The molecule has 2 N–H and O–H groups in total.